The Morgan fingerprint density at radius 3 is 3.05 bits per heavy atom. The Balaban J connectivity index is 1.56. The molecule has 1 fully saturated rings. The highest BCUT2D eigenvalue weighted by atomic mass is 32.2. The van der Waals surface area contributed by atoms with Gasteiger partial charge in [0, 0.05) is 55.7 Å². The van der Waals surface area contributed by atoms with E-state index in [-0.39, 0.29) is 0 Å². The molecule has 2 aliphatic rings. The molecule has 0 spiro atoms. The monoisotopic (exact) mass is 308 g/mol. The molecule has 0 aliphatic carbocycles. The minimum absolute atomic E-state index is 0.378. The Morgan fingerprint density at radius 2 is 2.24 bits per heavy atom. The zero-order valence-electron chi connectivity index (χ0n) is 12.6. The summed E-state index contributed by atoms with van der Waals surface area (Å²) < 4.78 is 11.1. The highest BCUT2D eigenvalue weighted by molar-refractivity contribution is 7.99. The number of benzene rings is 1. The molecule has 4 nitrogen and oxygen atoms in total. The van der Waals surface area contributed by atoms with Gasteiger partial charge in [0.15, 0.2) is 0 Å². The van der Waals surface area contributed by atoms with Crippen LogP contribution in [0.3, 0.4) is 0 Å². The second kappa shape index (κ2) is 7.38. The van der Waals surface area contributed by atoms with Crippen LogP contribution in [0.2, 0.25) is 0 Å². The summed E-state index contributed by atoms with van der Waals surface area (Å²) in [4.78, 5) is 2.55. The lowest BCUT2D eigenvalue weighted by molar-refractivity contribution is 0.242. The number of rotatable bonds is 5. The van der Waals surface area contributed by atoms with Crippen molar-refractivity contribution in [1.29, 1.82) is 0 Å². The Morgan fingerprint density at radius 1 is 1.38 bits per heavy atom. The SMILES string of the molecule is COc1ccc2c(c1)C(NCCN1CCSCC1)CCO2. The third-order valence-electron chi connectivity index (χ3n) is 4.18. The van der Waals surface area contributed by atoms with Crippen molar-refractivity contribution in [2.45, 2.75) is 12.5 Å². The average molecular weight is 308 g/mol. The molecular weight excluding hydrogens is 284 g/mol. The summed E-state index contributed by atoms with van der Waals surface area (Å²) in [7, 11) is 1.71. The molecule has 0 radical (unpaired) electrons. The third kappa shape index (κ3) is 3.84. The molecule has 0 saturated carbocycles. The maximum absolute atomic E-state index is 5.74. The van der Waals surface area contributed by atoms with Crippen molar-refractivity contribution in [3.05, 3.63) is 23.8 Å². The first-order chi connectivity index (χ1) is 10.4. The van der Waals surface area contributed by atoms with Gasteiger partial charge >= 0.3 is 0 Å². The standard InChI is InChI=1S/C16H24N2O2S/c1-19-13-2-3-16-14(12-13)15(4-9-20-16)17-5-6-18-7-10-21-11-8-18/h2-3,12,15,17H,4-11H2,1H3. The molecule has 0 amide bonds. The van der Waals surface area contributed by atoms with Gasteiger partial charge in [-0.2, -0.15) is 11.8 Å². The molecule has 1 aromatic carbocycles. The van der Waals surface area contributed by atoms with Gasteiger partial charge in [0.25, 0.3) is 0 Å². The zero-order valence-corrected chi connectivity index (χ0v) is 13.5. The van der Waals surface area contributed by atoms with Crippen LogP contribution in [0.4, 0.5) is 0 Å². The summed E-state index contributed by atoms with van der Waals surface area (Å²) in [5, 5.41) is 3.69. The Labute approximate surface area is 131 Å². The van der Waals surface area contributed by atoms with Crippen molar-refractivity contribution >= 4 is 11.8 Å². The van der Waals surface area contributed by atoms with E-state index in [0.29, 0.717) is 6.04 Å². The average Bonchev–Trinajstić information content (AvgIpc) is 2.55. The Kier molecular flexibility index (Phi) is 5.27. The zero-order chi connectivity index (χ0) is 14.5. The number of hydrogen-bond acceptors (Lipinski definition) is 5. The van der Waals surface area contributed by atoms with Crippen molar-refractivity contribution in [1.82, 2.24) is 10.2 Å². The minimum atomic E-state index is 0.378. The molecular formula is C16H24N2O2S. The largest absolute Gasteiger partial charge is 0.497 e. The Hall–Kier alpha value is -0.910. The maximum atomic E-state index is 5.74. The number of thioether (sulfide) groups is 1. The van der Waals surface area contributed by atoms with Crippen LogP contribution in [-0.2, 0) is 0 Å². The van der Waals surface area contributed by atoms with E-state index in [2.05, 4.69) is 28.0 Å². The molecule has 5 heteroatoms. The van der Waals surface area contributed by atoms with Crippen LogP contribution in [0.5, 0.6) is 11.5 Å². The summed E-state index contributed by atoms with van der Waals surface area (Å²) in [5.41, 5.74) is 1.23. The van der Waals surface area contributed by atoms with Gasteiger partial charge in [-0.3, -0.25) is 0 Å². The molecule has 2 heterocycles. The fraction of sp³-hybridized carbons (Fsp3) is 0.625. The quantitative estimate of drug-likeness (QED) is 0.901. The van der Waals surface area contributed by atoms with Gasteiger partial charge in [-0.05, 0) is 18.2 Å². The van der Waals surface area contributed by atoms with Crippen molar-refractivity contribution in [3.63, 3.8) is 0 Å². The molecule has 0 aromatic heterocycles. The first-order valence-electron chi connectivity index (χ1n) is 7.71. The third-order valence-corrected chi connectivity index (χ3v) is 5.12. The van der Waals surface area contributed by atoms with E-state index in [4.69, 9.17) is 9.47 Å². The lowest BCUT2D eigenvalue weighted by atomic mass is 10.00. The van der Waals surface area contributed by atoms with Gasteiger partial charge in [0.05, 0.1) is 13.7 Å². The predicted molar refractivity (Wildman–Crippen MR) is 87.6 cm³/mol. The molecule has 1 aromatic rings. The van der Waals surface area contributed by atoms with E-state index >= 15 is 0 Å². The van der Waals surface area contributed by atoms with Crippen LogP contribution in [0.15, 0.2) is 18.2 Å². The van der Waals surface area contributed by atoms with Gasteiger partial charge in [-0.1, -0.05) is 0 Å². The van der Waals surface area contributed by atoms with Crippen molar-refractivity contribution < 1.29 is 9.47 Å². The van der Waals surface area contributed by atoms with E-state index in [9.17, 15) is 0 Å². The lowest BCUT2D eigenvalue weighted by Crippen LogP contribution is -2.39. The summed E-state index contributed by atoms with van der Waals surface area (Å²) in [6, 6.07) is 6.46. The lowest BCUT2D eigenvalue weighted by Gasteiger charge is -2.30. The summed E-state index contributed by atoms with van der Waals surface area (Å²) >= 11 is 2.06. The van der Waals surface area contributed by atoms with Gasteiger partial charge in [0.1, 0.15) is 11.5 Å². The highest BCUT2D eigenvalue weighted by Crippen LogP contribution is 2.34. The van der Waals surface area contributed by atoms with Gasteiger partial charge in [-0.25, -0.2) is 0 Å². The van der Waals surface area contributed by atoms with Gasteiger partial charge in [-0.15, -0.1) is 0 Å². The van der Waals surface area contributed by atoms with E-state index in [1.807, 2.05) is 12.1 Å². The summed E-state index contributed by atoms with van der Waals surface area (Å²) in [5.74, 6) is 4.45. The smallest absolute Gasteiger partial charge is 0.124 e. The van der Waals surface area contributed by atoms with Crippen LogP contribution in [0, 0.1) is 0 Å². The molecule has 2 aliphatic heterocycles. The van der Waals surface area contributed by atoms with E-state index in [0.717, 1.165) is 37.6 Å². The van der Waals surface area contributed by atoms with E-state index < -0.39 is 0 Å². The predicted octanol–water partition coefficient (Wildman–Crippen LogP) is 2.16. The van der Waals surface area contributed by atoms with Crippen LogP contribution < -0.4 is 14.8 Å². The van der Waals surface area contributed by atoms with Crippen LogP contribution in [-0.4, -0.2) is 56.3 Å². The molecule has 1 saturated heterocycles. The molecule has 21 heavy (non-hydrogen) atoms. The molecule has 1 atom stereocenters. The first-order valence-corrected chi connectivity index (χ1v) is 8.86. The van der Waals surface area contributed by atoms with E-state index in [1.54, 1.807) is 7.11 Å². The normalized spacial score (nSPS) is 22.4. The number of nitrogens with one attached hydrogen (secondary N) is 1. The fourth-order valence-electron chi connectivity index (χ4n) is 2.93. The van der Waals surface area contributed by atoms with Crippen LogP contribution >= 0.6 is 11.8 Å². The Bertz CT molecular complexity index is 464. The van der Waals surface area contributed by atoms with Crippen molar-refractivity contribution in [2.24, 2.45) is 0 Å². The van der Waals surface area contributed by atoms with E-state index in [1.165, 1.54) is 30.2 Å². The number of hydrogen-bond donors (Lipinski definition) is 1. The molecule has 3 rings (SSSR count). The number of methoxy groups -OCH3 is 1. The van der Waals surface area contributed by atoms with Crippen molar-refractivity contribution in [2.75, 3.05) is 51.4 Å². The molecule has 1 N–H and O–H groups in total. The van der Waals surface area contributed by atoms with Crippen LogP contribution in [0.25, 0.3) is 0 Å². The fourth-order valence-corrected chi connectivity index (χ4v) is 3.91. The van der Waals surface area contributed by atoms with Crippen molar-refractivity contribution in [3.8, 4) is 11.5 Å². The first kappa shape index (κ1) is 15.0. The van der Waals surface area contributed by atoms with Crippen LogP contribution in [0.1, 0.15) is 18.0 Å². The van der Waals surface area contributed by atoms with Gasteiger partial charge < -0.3 is 19.7 Å². The number of nitrogens with zero attached hydrogens (tertiary/aromatic N) is 1. The number of ether oxygens (including phenoxy) is 2. The summed E-state index contributed by atoms with van der Waals surface area (Å²) in [6.45, 7) is 5.41. The highest BCUT2D eigenvalue weighted by Gasteiger charge is 2.22. The van der Waals surface area contributed by atoms with Gasteiger partial charge in [0.2, 0.25) is 0 Å². The summed E-state index contributed by atoms with van der Waals surface area (Å²) in [6.07, 6.45) is 1.02. The number of fused-ring (bicyclic) bond motifs is 1. The molecule has 116 valence electrons. The maximum Gasteiger partial charge on any atom is 0.124 e. The molecule has 1 unspecified atom stereocenters. The topological polar surface area (TPSA) is 33.7 Å². The second-order valence-electron chi connectivity index (χ2n) is 5.50. The second-order valence-corrected chi connectivity index (χ2v) is 6.73. The minimum Gasteiger partial charge on any atom is -0.497 e. The molecule has 0 bridgehead atoms.